The number of hydrogen-bond acceptors (Lipinski definition) is 2. The van der Waals surface area contributed by atoms with Gasteiger partial charge in [-0.3, -0.25) is 4.79 Å². The monoisotopic (exact) mass is 334 g/mol. The standard InChI is InChI=1S/C12H19IN2O/c1-11(2,3)8-7(13)9(16)15-10(14-8)12(4,5)6/h1-6H3,(H,14,15,16). The second-order valence-electron chi connectivity index (χ2n) is 6.08. The van der Waals surface area contributed by atoms with Crippen LogP contribution in [-0.4, -0.2) is 9.97 Å². The van der Waals surface area contributed by atoms with Crippen LogP contribution in [0.25, 0.3) is 0 Å². The lowest BCUT2D eigenvalue weighted by Gasteiger charge is -2.23. The summed E-state index contributed by atoms with van der Waals surface area (Å²) in [6.07, 6.45) is 0. The Labute approximate surface area is 110 Å². The molecule has 0 atom stereocenters. The van der Waals surface area contributed by atoms with Crippen LogP contribution in [0.3, 0.4) is 0 Å². The van der Waals surface area contributed by atoms with Gasteiger partial charge in [-0.1, -0.05) is 41.5 Å². The van der Waals surface area contributed by atoms with Crippen molar-refractivity contribution in [3.63, 3.8) is 0 Å². The Morgan fingerprint density at radius 3 is 1.94 bits per heavy atom. The number of rotatable bonds is 0. The summed E-state index contributed by atoms with van der Waals surface area (Å²) in [6.45, 7) is 12.4. The molecule has 0 amide bonds. The first-order chi connectivity index (χ1) is 7.03. The Morgan fingerprint density at radius 2 is 1.56 bits per heavy atom. The first-order valence-corrected chi connectivity index (χ1v) is 6.42. The fourth-order valence-electron chi connectivity index (χ4n) is 1.31. The fraction of sp³-hybridized carbons (Fsp3) is 0.667. The summed E-state index contributed by atoms with van der Waals surface area (Å²) in [5.74, 6) is 0.753. The van der Waals surface area contributed by atoms with Gasteiger partial charge in [-0.05, 0) is 22.6 Å². The Balaban J connectivity index is 3.53. The molecule has 1 aromatic rings. The predicted octanol–water partition coefficient (Wildman–Crippen LogP) is 2.97. The van der Waals surface area contributed by atoms with E-state index in [1.54, 1.807) is 0 Å². The van der Waals surface area contributed by atoms with Crippen molar-refractivity contribution in [2.24, 2.45) is 0 Å². The van der Waals surface area contributed by atoms with Gasteiger partial charge in [0, 0.05) is 10.8 Å². The predicted molar refractivity (Wildman–Crippen MR) is 75.0 cm³/mol. The molecule has 3 nitrogen and oxygen atoms in total. The fourth-order valence-corrected chi connectivity index (χ4v) is 2.38. The number of aromatic nitrogens is 2. The van der Waals surface area contributed by atoms with Gasteiger partial charge in [0.2, 0.25) is 0 Å². The second kappa shape index (κ2) is 4.13. The summed E-state index contributed by atoms with van der Waals surface area (Å²) in [6, 6.07) is 0. The van der Waals surface area contributed by atoms with Crippen LogP contribution >= 0.6 is 22.6 Å². The third-order valence-corrected chi connectivity index (χ3v) is 3.28. The quantitative estimate of drug-likeness (QED) is 0.742. The van der Waals surface area contributed by atoms with E-state index in [4.69, 9.17) is 0 Å². The molecule has 0 saturated heterocycles. The van der Waals surface area contributed by atoms with Gasteiger partial charge in [-0.25, -0.2) is 4.98 Å². The first-order valence-electron chi connectivity index (χ1n) is 5.34. The Hall–Kier alpha value is -0.390. The number of H-pyrrole nitrogens is 1. The Morgan fingerprint density at radius 1 is 1.06 bits per heavy atom. The minimum Gasteiger partial charge on any atom is -0.309 e. The van der Waals surface area contributed by atoms with Crippen molar-refractivity contribution in [3.05, 3.63) is 25.4 Å². The van der Waals surface area contributed by atoms with Gasteiger partial charge >= 0.3 is 0 Å². The molecular formula is C12H19IN2O. The van der Waals surface area contributed by atoms with E-state index >= 15 is 0 Å². The molecule has 1 N–H and O–H groups in total. The third kappa shape index (κ3) is 2.84. The van der Waals surface area contributed by atoms with Crippen LogP contribution in [0, 0.1) is 3.57 Å². The molecule has 1 aromatic heterocycles. The highest BCUT2D eigenvalue weighted by atomic mass is 127. The lowest BCUT2D eigenvalue weighted by Crippen LogP contribution is -2.29. The van der Waals surface area contributed by atoms with Gasteiger partial charge in [0.15, 0.2) is 0 Å². The van der Waals surface area contributed by atoms with E-state index in [0.29, 0.717) is 3.57 Å². The highest BCUT2D eigenvalue weighted by Crippen LogP contribution is 2.25. The average molecular weight is 334 g/mol. The van der Waals surface area contributed by atoms with E-state index in [-0.39, 0.29) is 16.4 Å². The summed E-state index contributed by atoms with van der Waals surface area (Å²) in [5.41, 5.74) is 0.598. The molecule has 0 aliphatic carbocycles. The van der Waals surface area contributed by atoms with Crippen molar-refractivity contribution in [1.82, 2.24) is 9.97 Å². The van der Waals surface area contributed by atoms with E-state index in [0.717, 1.165) is 11.5 Å². The largest absolute Gasteiger partial charge is 0.309 e. The molecule has 0 unspecified atom stereocenters. The average Bonchev–Trinajstić information content (AvgIpc) is 2.05. The van der Waals surface area contributed by atoms with Crippen LogP contribution in [0.1, 0.15) is 53.1 Å². The molecule has 1 rings (SSSR count). The maximum Gasteiger partial charge on any atom is 0.264 e. The molecule has 4 heteroatoms. The number of aromatic amines is 1. The molecule has 0 bridgehead atoms. The van der Waals surface area contributed by atoms with Crippen molar-refractivity contribution in [2.45, 2.75) is 52.4 Å². The zero-order chi connectivity index (χ0) is 12.7. The van der Waals surface area contributed by atoms with E-state index in [1.165, 1.54) is 0 Å². The molecule has 1 heterocycles. The van der Waals surface area contributed by atoms with E-state index in [2.05, 4.69) is 53.3 Å². The van der Waals surface area contributed by atoms with Gasteiger partial charge in [0.1, 0.15) is 9.39 Å². The van der Waals surface area contributed by atoms with Gasteiger partial charge in [-0.15, -0.1) is 0 Å². The minimum absolute atomic E-state index is 0.0366. The lowest BCUT2D eigenvalue weighted by molar-refractivity contribution is 0.507. The number of hydrogen-bond donors (Lipinski definition) is 1. The molecule has 0 spiro atoms. The molecule has 16 heavy (non-hydrogen) atoms. The lowest BCUT2D eigenvalue weighted by atomic mass is 9.90. The molecule has 0 aromatic carbocycles. The number of nitrogens with zero attached hydrogens (tertiary/aromatic N) is 1. The maximum atomic E-state index is 11.9. The van der Waals surface area contributed by atoms with Crippen molar-refractivity contribution < 1.29 is 0 Å². The Bertz CT molecular complexity index is 450. The van der Waals surface area contributed by atoms with E-state index in [9.17, 15) is 4.79 Å². The molecule has 90 valence electrons. The van der Waals surface area contributed by atoms with Gasteiger partial charge in [0.05, 0.1) is 5.69 Å². The van der Waals surface area contributed by atoms with Crippen molar-refractivity contribution in [3.8, 4) is 0 Å². The smallest absolute Gasteiger partial charge is 0.264 e. The summed E-state index contributed by atoms with van der Waals surface area (Å²) < 4.78 is 0.693. The van der Waals surface area contributed by atoms with Gasteiger partial charge in [0.25, 0.3) is 5.56 Å². The molecule has 0 fully saturated rings. The van der Waals surface area contributed by atoms with Crippen LogP contribution in [0.2, 0.25) is 0 Å². The summed E-state index contributed by atoms with van der Waals surface area (Å²) in [5, 5.41) is 0. The zero-order valence-corrected chi connectivity index (χ0v) is 12.9. The number of halogens is 1. The van der Waals surface area contributed by atoms with Crippen molar-refractivity contribution in [2.75, 3.05) is 0 Å². The molecule has 0 aliphatic rings. The van der Waals surface area contributed by atoms with Crippen LogP contribution < -0.4 is 5.56 Å². The van der Waals surface area contributed by atoms with Crippen molar-refractivity contribution >= 4 is 22.6 Å². The minimum atomic E-state index is -0.135. The van der Waals surface area contributed by atoms with Gasteiger partial charge < -0.3 is 4.98 Å². The third-order valence-electron chi connectivity index (χ3n) is 2.28. The Kier molecular flexibility index (Phi) is 3.53. The zero-order valence-electron chi connectivity index (χ0n) is 10.7. The highest BCUT2D eigenvalue weighted by Gasteiger charge is 2.25. The van der Waals surface area contributed by atoms with Crippen LogP contribution in [-0.2, 0) is 10.8 Å². The summed E-state index contributed by atoms with van der Waals surface area (Å²) in [4.78, 5) is 19.3. The first kappa shape index (κ1) is 13.7. The molecule has 0 aliphatic heterocycles. The normalized spacial score (nSPS) is 12.9. The highest BCUT2D eigenvalue weighted by molar-refractivity contribution is 14.1. The van der Waals surface area contributed by atoms with E-state index in [1.807, 2.05) is 20.8 Å². The van der Waals surface area contributed by atoms with Crippen LogP contribution in [0.4, 0.5) is 0 Å². The molecule has 0 radical (unpaired) electrons. The van der Waals surface area contributed by atoms with Crippen LogP contribution in [0.15, 0.2) is 4.79 Å². The van der Waals surface area contributed by atoms with Gasteiger partial charge in [-0.2, -0.15) is 0 Å². The molecular weight excluding hydrogens is 315 g/mol. The summed E-state index contributed by atoms with van der Waals surface area (Å²) in [7, 11) is 0. The van der Waals surface area contributed by atoms with E-state index < -0.39 is 0 Å². The SMILES string of the molecule is CC(C)(C)c1nc(C(C)(C)C)c(I)c(=O)[nH]1. The summed E-state index contributed by atoms with van der Waals surface area (Å²) >= 11 is 2.07. The van der Waals surface area contributed by atoms with Crippen molar-refractivity contribution in [1.29, 1.82) is 0 Å². The van der Waals surface area contributed by atoms with Crippen LogP contribution in [0.5, 0.6) is 0 Å². The topological polar surface area (TPSA) is 45.8 Å². The molecule has 0 saturated carbocycles. The second-order valence-corrected chi connectivity index (χ2v) is 7.16. The number of nitrogens with one attached hydrogen (secondary N) is 1. The maximum absolute atomic E-state index is 11.9.